The minimum Gasteiger partial charge on any atom is -0.301 e. The molecule has 0 aromatic rings. The SMILES string of the molecule is C#CC(CC)NC1CCCC(CC(C)C)C1. The van der Waals surface area contributed by atoms with Crippen molar-refractivity contribution in [3.63, 3.8) is 0 Å². The Labute approximate surface area is 101 Å². The van der Waals surface area contributed by atoms with Crippen LogP contribution in [0.3, 0.4) is 0 Å². The van der Waals surface area contributed by atoms with E-state index in [0.717, 1.165) is 18.3 Å². The van der Waals surface area contributed by atoms with Gasteiger partial charge in [0.2, 0.25) is 0 Å². The van der Waals surface area contributed by atoms with E-state index in [1.165, 1.54) is 32.1 Å². The zero-order valence-electron chi connectivity index (χ0n) is 11.1. The summed E-state index contributed by atoms with van der Waals surface area (Å²) in [6.07, 6.45) is 13.4. The lowest BCUT2D eigenvalue weighted by Gasteiger charge is -2.32. The van der Waals surface area contributed by atoms with Gasteiger partial charge < -0.3 is 5.32 Å². The summed E-state index contributed by atoms with van der Waals surface area (Å²) in [7, 11) is 0. The standard InChI is InChI=1S/C15H27N/c1-5-14(6-2)16-15-9-7-8-13(11-15)10-12(3)4/h1,12-16H,6-11H2,2-4H3. The van der Waals surface area contributed by atoms with Crippen molar-refractivity contribution in [3.05, 3.63) is 0 Å². The van der Waals surface area contributed by atoms with E-state index >= 15 is 0 Å². The summed E-state index contributed by atoms with van der Waals surface area (Å²) in [6.45, 7) is 6.81. The molecule has 3 unspecified atom stereocenters. The van der Waals surface area contributed by atoms with Crippen LogP contribution >= 0.6 is 0 Å². The van der Waals surface area contributed by atoms with Crippen molar-refractivity contribution < 1.29 is 0 Å². The van der Waals surface area contributed by atoms with E-state index in [0.29, 0.717) is 6.04 Å². The lowest BCUT2D eigenvalue weighted by molar-refractivity contribution is 0.246. The molecule has 0 amide bonds. The van der Waals surface area contributed by atoms with E-state index in [2.05, 4.69) is 32.0 Å². The number of rotatable bonds is 5. The van der Waals surface area contributed by atoms with Crippen molar-refractivity contribution >= 4 is 0 Å². The Kier molecular flexibility index (Phi) is 5.91. The number of hydrogen-bond donors (Lipinski definition) is 1. The van der Waals surface area contributed by atoms with Gasteiger partial charge in [0, 0.05) is 6.04 Å². The van der Waals surface area contributed by atoms with Gasteiger partial charge in [0.1, 0.15) is 0 Å². The summed E-state index contributed by atoms with van der Waals surface area (Å²) < 4.78 is 0. The Balaban J connectivity index is 2.35. The highest BCUT2D eigenvalue weighted by Crippen LogP contribution is 2.29. The van der Waals surface area contributed by atoms with Crippen LogP contribution in [0, 0.1) is 24.2 Å². The van der Waals surface area contributed by atoms with E-state index in [9.17, 15) is 0 Å². The lowest BCUT2D eigenvalue weighted by Crippen LogP contribution is -2.40. The lowest BCUT2D eigenvalue weighted by atomic mass is 9.81. The molecule has 0 radical (unpaired) electrons. The van der Waals surface area contributed by atoms with E-state index < -0.39 is 0 Å². The van der Waals surface area contributed by atoms with Crippen molar-refractivity contribution in [2.45, 2.75) is 71.4 Å². The topological polar surface area (TPSA) is 12.0 Å². The maximum absolute atomic E-state index is 5.50. The quantitative estimate of drug-likeness (QED) is 0.700. The average molecular weight is 221 g/mol. The monoisotopic (exact) mass is 221 g/mol. The average Bonchev–Trinajstić information content (AvgIpc) is 2.25. The first kappa shape index (κ1) is 13.6. The van der Waals surface area contributed by atoms with Crippen LogP contribution in [0.1, 0.15) is 59.3 Å². The van der Waals surface area contributed by atoms with E-state index in [-0.39, 0.29) is 6.04 Å². The third-order valence-corrected chi connectivity index (χ3v) is 3.63. The molecule has 0 aromatic heterocycles. The number of nitrogens with one attached hydrogen (secondary N) is 1. The maximum Gasteiger partial charge on any atom is 0.0686 e. The highest BCUT2D eigenvalue weighted by atomic mass is 14.9. The van der Waals surface area contributed by atoms with Gasteiger partial charge in [-0.1, -0.05) is 39.5 Å². The van der Waals surface area contributed by atoms with Crippen molar-refractivity contribution in [1.82, 2.24) is 5.32 Å². The molecule has 16 heavy (non-hydrogen) atoms. The molecule has 1 N–H and O–H groups in total. The molecule has 0 spiro atoms. The first-order valence-corrected chi connectivity index (χ1v) is 6.87. The Morgan fingerprint density at radius 1 is 1.38 bits per heavy atom. The van der Waals surface area contributed by atoms with Crippen LogP contribution in [0.25, 0.3) is 0 Å². The molecule has 1 fully saturated rings. The summed E-state index contributed by atoms with van der Waals surface area (Å²) in [5, 5.41) is 3.62. The van der Waals surface area contributed by atoms with Gasteiger partial charge in [-0.05, 0) is 37.5 Å². The number of terminal acetylenes is 1. The Morgan fingerprint density at radius 3 is 2.69 bits per heavy atom. The molecule has 1 heteroatoms. The molecule has 1 saturated carbocycles. The minimum absolute atomic E-state index is 0.280. The molecule has 0 bridgehead atoms. The van der Waals surface area contributed by atoms with Gasteiger partial charge in [-0.3, -0.25) is 0 Å². The fraction of sp³-hybridized carbons (Fsp3) is 0.867. The molecule has 1 rings (SSSR count). The molecule has 1 aliphatic carbocycles. The van der Waals surface area contributed by atoms with Gasteiger partial charge in [0.25, 0.3) is 0 Å². The molecule has 0 heterocycles. The summed E-state index contributed by atoms with van der Waals surface area (Å²) >= 11 is 0. The van der Waals surface area contributed by atoms with Crippen molar-refractivity contribution in [2.75, 3.05) is 0 Å². The van der Waals surface area contributed by atoms with Crippen molar-refractivity contribution in [3.8, 4) is 12.3 Å². The predicted octanol–water partition coefficient (Wildman–Crippen LogP) is 3.59. The third-order valence-electron chi connectivity index (χ3n) is 3.63. The normalized spacial score (nSPS) is 27.7. The molecule has 0 aromatic carbocycles. The highest BCUT2D eigenvalue weighted by Gasteiger charge is 2.23. The molecular formula is C15H27N. The Bertz CT molecular complexity index is 226. The third kappa shape index (κ3) is 4.58. The van der Waals surface area contributed by atoms with Gasteiger partial charge in [0.05, 0.1) is 6.04 Å². The molecule has 0 aliphatic heterocycles. The first-order valence-electron chi connectivity index (χ1n) is 6.87. The second-order valence-electron chi connectivity index (χ2n) is 5.65. The summed E-state index contributed by atoms with van der Waals surface area (Å²) in [5.74, 6) is 4.59. The smallest absolute Gasteiger partial charge is 0.0686 e. The number of hydrogen-bond acceptors (Lipinski definition) is 1. The van der Waals surface area contributed by atoms with Crippen LogP contribution < -0.4 is 5.32 Å². The predicted molar refractivity (Wildman–Crippen MR) is 71.2 cm³/mol. The summed E-state index contributed by atoms with van der Waals surface area (Å²) in [5.41, 5.74) is 0. The highest BCUT2D eigenvalue weighted by molar-refractivity contribution is 4.99. The maximum atomic E-state index is 5.50. The van der Waals surface area contributed by atoms with Crippen LogP contribution in [0.15, 0.2) is 0 Å². The van der Waals surface area contributed by atoms with E-state index in [4.69, 9.17) is 6.42 Å². The molecule has 0 saturated heterocycles. The van der Waals surface area contributed by atoms with Gasteiger partial charge in [-0.25, -0.2) is 0 Å². The zero-order valence-corrected chi connectivity index (χ0v) is 11.1. The summed E-state index contributed by atoms with van der Waals surface area (Å²) in [4.78, 5) is 0. The van der Waals surface area contributed by atoms with E-state index in [1.54, 1.807) is 0 Å². The fourth-order valence-corrected chi connectivity index (χ4v) is 2.89. The van der Waals surface area contributed by atoms with Crippen molar-refractivity contribution in [2.24, 2.45) is 11.8 Å². The van der Waals surface area contributed by atoms with Gasteiger partial charge in [-0.2, -0.15) is 0 Å². The Hall–Kier alpha value is -0.480. The second kappa shape index (κ2) is 6.97. The van der Waals surface area contributed by atoms with Crippen LogP contribution in [0.4, 0.5) is 0 Å². The Morgan fingerprint density at radius 2 is 2.12 bits per heavy atom. The molecule has 1 aliphatic rings. The zero-order chi connectivity index (χ0) is 12.0. The van der Waals surface area contributed by atoms with Crippen LogP contribution in [0.5, 0.6) is 0 Å². The van der Waals surface area contributed by atoms with Crippen LogP contribution in [0.2, 0.25) is 0 Å². The van der Waals surface area contributed by atoms with Gasteiger partial charge >= 0.3 is 0 Å². The first-order chi connectivity index (χ1) is 7.65. The van der Waals surface area contributed by atoms with Gasteiger partial charge in [-0.15, -0.1) is 6.42 Å². The largest absolute Gasteiger partial charge is 0.301 e. The van der Waals surface area contributed by atoms with Crippen molar-refractivity contribution in [1.29, 1.82) is 0 Å². The molecule has 3 atom stereocenters. The summed E-state index contributed by atoms with van der Waals surface area (Å²) in [6, 6.07) is 0.946. The van der Waals surface area contributed by atoms with Crippen LogP contribution in [-0.4, -0.2) is 12.1 Å². The van der Waals surface area contributed by atoms with Crippen LogP contribution in [-0.2, 0) is 0 Å². The molecule has 1 nitrogen and oxygen atoms in total. The minimum atomic E-state index is 0.280. The molecular weight excluding hydrogens is 194 g/mol. The fourth-order valence-electron chi connectivity index (χ4n) is 2.89. The van der Waals surface area contributed by atoms with E-state index in [1.807, 2.05) is 0 Å². The second-order valence-corrected chi connectivity index (χ2v) is 5.65. The van der Waals surface area contributed by atoms with Gasteiger partial charge in [0.15, 0.2) is 0 Å². The molecule has 92 valence electrons.